The zero-order valence-corrected chi connectivity index (χ0v) is 15.1. The summed E-state index contributed by atoms with van der Waals surface area (Å²) in [5.41, 5.74) is 1.83. The van der Waals surface area contributed by atoms with Gasteiger partial charge < -0.3 is 10.2 Å². The van der Waals surface area contributed by atoms with E-state index >= 15 is 0 Å². The van der Waals surface area contributed by atoms with Gasteiger partial charge in [0.25, 0.3) is 5.56 Å². The van der Waals surface area contributed by atoms with Gasteiger partial charge in [-0.2, -0.15) is 5.10 Å². The van der Waals surface area contributed by atoms with Crippen molar-refractivity contribution in [2.45, 2.75) is 51.7 Å². The topological polar surface area (TPSA) is 63.1 Å². The van der Waals surface area contributed by atoms with Crippen molar-refractivity contribution in [1.82, 2.24) is 20.1 Å². The predicted octanol–water partition coefficient (Wildman–Crippen LogP) is 2.43. The highest BCUT2D eigenvalue weighted by Crippen LogP contribution is 2.22. The van der Waals surface area contributed by atoms with Crippen molar-refractivity contribution in [3.8, 4) is 0 Å². The molecule has 0 radical (unpaired) electrons. The summed E-state index contributed by atoms with van der Waals surface area (Å²) >= 11 is 1.68. The molecule has 0 aliphatic carbocycles. The summed E-state index contributed by atoms with van der Waals surface area (Å²) in [5.74, 6) is 0.910. The van der Waals surface area contributed by atoms with E-state index in [1.165, 1.54) is 17.7 Å². The van der Waals surface area contributed by atoms with Crippen molar-refractivity contribution in [2.75, 3.05) is 18.0 Å². The van der Waals surface area contributed by atoms with Gasteiger partial charge in [-0.05, 0) is 39.2 Å². The predicted molar refractivity (Wildman–Crippen MR) is 97.7 cm³/mol. The van der Waals surface area contributed by atoms with Crippen LogP contribution in [0.5, 0.6) is 0 Å². The number of thiazole rings is 1. The number of hydrogen-bond acceptors (Lipinski definition) is 6. The van der Waals surface area contributed by atoms with Crippen molar-refractivity contribution >= 4 is 17.2 Å². The van der Waals surface area contributed by atoms with Gasteiger partial charge in [-0.3, -0.25) is 9.78 Å². The van der Waals surface area contributed by atoms with E-state index in [0.29, 0.717) is 6.04 Å². The molecule has 24 heavy (non-hydrogen) atoms. The molecule has 7 heteroatoms. The highest BCUT2D eigenvalue weighted by molar-refractivity contribution is 7.09. The maximum Gasteiger partial charge on any atom is 0.267 e. The molecule has 6 nitrogen and oxygen atoms in total. The molecule has 0 aromatic carbocycles. The summed E-state index contributed by atoms with van der Waals surface area (Å²) in [6.07, 6.45) is 5.48. The molecule has 0 spiro atoms. The van der Waals surface area contributed by atoms with Gasteiger partial charge in [-0.25, -0.2) is 4.68 Å². The monoisotopic (exact) mass is 347 g/mol. The summed E-state index contributed by atoms with van der Waals surface area (Å²) in [6, 6.07) is 3.99. The third-order valence-electron chi connectivity index (χ3n) is 4.38. The average molecular weight is 347 g/mol. The molecule has 1 fully saturated rings. The van der Waals surface area contributed by atoms with Crippen LogP contribution in [0.4, 0.5) is 5.82 Å². The third-order valence-corrected chi connectivity index (χ3v) is 5.16. The van der Waals surface area contributed by atoms with Crippen LogP contribution < -0.4 is 15.8 Å². The fraction of sp³-hybridized carbons (Fsp3) is 0.588. The second kappa shape index (κ2) is 7.90. The standard InChI is InChI=1S/C17H25N5OS/c1-13(2)22-17(23)7-6-16(20-22)21-8-4-3-5-14(21)9-18-10-15-11-19-12-24-15/h6-7,11-14,18H,3-5,8-10H2,1-2H3. The zero-order valence-electron chi connectivity index (χ0n) is 14.3. The van der Waals surface area contributed by atoms with Crippen molar-refractivity contribution in [3.63, 3.8) is 0 Å². The van der Waals surface area contributed by atoms with Crippen molar-refractivity contribution < 1.29 is 0 Å². The highest BCUT2D eigenvalue weighted by Gasteiger charge is 2.24. The summed E-state index contributed by atoms with van der Waals surface area (Å²) in [6.45, 7) is 6.75. The van der Waals surface area contributed by atoms with Crippen LogP contribution in [0.25, 0.3) is 0 Å². The van der Waals surface area contributed by atoms with Gasteiger partial charge in [0, 0.05) is 42.8 Å². The average Bonchev–Trinajstić information content (AvgIpc) is 3.09. The van der Waals surface area contributed by atoms with Gasteiger partial charge in [-0.15, -0.1) is 11.3 Å². The van der Waals surface area contributed by atoms with Crippen LogP contribution >= 0.6 is 11.3 Å². The number of aromatic nitrogens is 3. The summed E-state index contributed by atoms with van der Waals surface area (Å²) < 4.78 is 1.58. The molecule has 0 bridgehead atoms. The van der Waals surface area contributed by atoms with Crippen LogP contribution in [0.1, 0.15) is 44.0 Å². The van der Waals surface area contributed by atoms with Gasteiger partial charge in [0.05, 0.1) is 11.6 Å². The Morgan fingerprint density at radius 2 is 2.25 bits per heavy atom. The van der Waals surface area contributed by atoms with Crippen LogP contribution in [0, 0.1) is 0 Å². The van der Waals surface area contributed by atoms with Crippen LogP contribution in [0.3, 0.4) is 0 Å². The molecule has 2 aromatic rings. The second-order valence-corrected chi connectivity index (χ2v) is 7.48. The van der Waals surface area contributed by atoms with E-state index in [1.807, 2.05) is 31.6 Å². The normalized spacial score (nSPS) is 18.3. The van der Waals surface area contributed by atoms with Gasteiger partial charge in [-0.1, -0.05) is 0 Å². The highest BCUT2D eigenvalue weighted by atomic mass is 32.1. The minimum absolute atomic E-state index is 0.0365. The SMILES string of the molecule is CC(C)n1nc(N2CCCCC2CNCc2cncs2)ccc1=O. The Balaban J connectivity index is 1.69. The fourth-order valence-corrected chi connectivity index (χ4v) is 3.71. The summed E-state index contributed by atoms with van der Waals surface area (Å²) in [7, 11) is 0. The first-order valence-corrected chi connectivity index (χ1v) is 9.47. The molecule has 0 amide bonds. The number of nitrogens with one attached hydrogen (secondary N) is 1. The van der Waals surface area contributed by atoms with Gasteiger partial charge in [0.15, 0.2) is 0 Å². The third kappa shape index (κ3) is 4.02. The summed E-state index contributed by atoms with van der Waals surface area (Å²) in [4.78, 5) is 19.7. The quantitative estimate of drug-likeness (QED) is 0.869. The van der Waals surface area contributed by atoms with Gasteiger partial charge in [0.1, 0.15) is 5.82 Å². The Labute approximate surface area is 146 Å². The molecule has 130 valence electrons. The van der Waals surface area contributed by atoms with Crippen LogP contribution in [0.15, 0.2) is 28.6 Å². The Hall–Kier alpha value is -1.73. The molecule has 1 aliphatic rings. The Morgan fingerprint density at radius 1 is 1.38 bits per heavy atom. The smallest absolute Gasteiger partial charge is 0.267 e. The zero-order chi connectivity index (χ0) is 16.9. The largest absolute Gasteiger partial charge is 0.351 e. The molecule has 2 aromatic heterocycles. The maximum atomic E-state index is 11.9. The lowest BCUT2D eigenvalue weighted by Gasteiger charge is -2.37. The molecule has 1 atom stereocenters. The van der Waals surface area contributed by atoms with Crippen molar-refractivity contribution in [2.24, 2.45) is 0 Å². The van der Waals surface area contributed by atoms with Crippen LogP contribution in [-0.2, 0) is 6.54 Å². The molecule has 3 rings (SSSR count). The van der Waals surface area contributed by atoms with Gasteiger partial charge >= 0.3 is 0 Å². The molecular formula is C17H25N5OS. The Bertz CT molecular complexity index is 697. The fourth-order valence-electron chi connectivity index (χ4n) is 3.14. The number of hydrogen-bond donors (Lipinski definition) is 1. The van der Waals surface area contributed by atoms with Crippen molar-refractivity contribution in [3.05, 3.63) is 39.1 Å². The molecule has 1 unspecified atom stereocenters. The van der Waals surface area contributed by atoms with E-state index in [9.17, 15) is 4.79 Å². The Kier molecular flexibility index (Phi) is 5.63. The van der Waals surface area contributed by atoms with Gasteiger partial charge in [0.2, 0.25) is 0 Å². The van der Waals surface area contributed by atoms with E-state index in [0.717, 1.165) is 31.9 Å². The Morgan fingerprint density at radius 3 is 3.00 bits per heavy atom. The molecule has 1 N–H and O–H groups in total. The molecule has 0 saturated carbocycles. The molecule has 3 heterocycles. The molecular weight excluding hydrogens is 322 g/mol. The lowest BCUT2D eigenvalue weighted by Crippen LogP contribution is -2.46. The second-order valence-electron chi connectivity index (χ2n) is 6.51. The number of anilines is 1. The first-order chi connectivity index (χ1) is 11.6. The minimum atomic E-state index is -0.0365. The lowest BCUT2D eigenvalue weighted by molar-refractivity contribution is 0.423. The first-order valence-electron chi connectivity index (χ1n) is 8.60. The number of rotatable bonds is 6. The van der Waals surface area contributed by atoms with E-state index in [2.05, 4.69) is 20.3 Å². The van der Waals surface area contributed by atoms with E-state index in [-0.39, 0.29) is 11.6 Å². The minimum Gasteiger partial charge on any atom is -0.351 e. The van der Waals surface area contributed by atoms with E-state index < -0.39 is 0 Å². The molecule has 1 aliphatic heterocycles. The lowest BCUT2D eigenvalue weighted by atomic mass is 10.0. The van der Waals surface area contributed by atoms with Crippen molar-refractivity contribution in [1.29, 1.82) is 0 Å². The van der Waals surface area contributed by atoms with E-state index in [4.69, 9.17) is 0 Å². The summed E-state index contributed by atoms with van der Waals surface area (Å²) in [5, 5.41) is 8.14. The molecule has 1 saturated heterocycles. The number of piperidine rings is 1. The van der Waals surface area contributed by atoms with Crippen LogP contribution in [-0.4, -0.2) is 33.9 Å². The first kappa shape index (κ1) is 17.1. The van der Waals surface area contributed by atoms with Crippen LogP contribution in [0.2, 0.25) is 0 Å². The number of nitrogens with zero attached hydrogens (tertiary/aromatic N) is 4. The van der Waals surface area contributed by atoms with E-state index in [1.54, 1.807) is 22.1 Å². The maximum absolute atomic E-state index is 11.9.